The maximum absolute atomic E-state index is 11.4. The zero-order chi connectivity index (χ0) is 15.3. The second kappa shape index (κ2) is 4.53. The summed E-state index contributed by atoms with van der Waals surface area (Å²) in [5.74, 6) is -0.394. The van der Waals surface area contributed by atoms with E-state index in [1.54, 1.807) is 0 Å². The zero-order valence-electron chi connectivity index (χ0n) is 12.1. The minimum atomic E-state index is -0.394. The number of carbonyl (C=O) groups is 1. The van der Waals surface area contributed by atoms with Gasteiger partial charge in [0.2, 0.25) is 5.91 Å². The fourth-order valence-corrected chi connectivity index (χ4v) is 2.86. The van der Waals surface area contributed by atoms with E-state index in [-0.39, 0.29) is 6.54 Å². The molecule has 0 radical (unpaired) electrons. The summed E-state index contributed by atoms with van der Waals surface area (Å²) in [6.07, 6.45) is 0. The number of hydrogen-bond donors (Lipinski definition) is 1. The quantitative estimate of drug-likeness (QED) is 0.616. The number of rotatable bonds is 2. The second-order valence-corrected chi connectivity index (χ2v) is 5.46. The number of carbonyl (C=O) groups excluding carboxylic acids is 1. The summed E-state index contributed by atoms with van der Waals surface area (Å²) < 4.78 is 1.84. The molecule has 4 aromatic rings. The van der Waals surface area contributed by atoms with Gasteiger partial charge in [-0.25, -0.2) is 9.97 Å². The van der Waals surface area contributed by atoms with Crippen LogP contribution in [-0.2, 0) is 11.3 Å². The van der Waals surface area contributed by atoms with Crippen molar-refractivity contribution < 1.29 is 4.79 Å². The molecule has 2 N–H and O–H groups in total. The summed E-state index contributed by atoms with van der Waals surface area (Å²) in [5, 5.41) is 0.995. The van der Waals surface area contributed by atoms with E-state index >= 15 is 0 Å². The fourth-order valence-electron chi connectivity index (χ4n) is 2.86. The molecule has 0 saturated heterocycles. The molecular weight excluding hydrogens is 276 g/mol. The first-order valence-corrected chi connectivity index (χ1v) is 7.07. The molecule has 1 amide bonds. The van der Waals surface area contributed by atoms with Crippen molar-refractivity contribution >= 4 is 39.0 Å². The van der Waals surface area contributed by atoms with Gasteiger partial charge >= 0.3 is 0 Å². The van der Waals surface area contributed by atoms with Crippen molar-refractivity contribution in [2.45, 2.75) is 13.5 Å². The number of para-hydroxylation sites is 2. The van der Waals surface area contributed by atoms with Crippen molar-refractivity contribution in [1.29, 1.82) is 0 Å². The van der Waals surface area contributed by atoms with Gasteiger partial charge in [0.1, 0.15) is 12.1 Å². The van der Waals surface area contributed by atoms with Gasteiger partial charge in [-0.05, 0) is 31.2 Å². The Bertz CT molecular complexity index is 1050. The van der Waals surface area contributed by atoms with E-state index in [0.29, 0.717) is 5.65 Å². The van der Waals surface area contributed by atoms with Crippen molar-refractivity contribution in [2.24, 2.45) is 5.73 Å². The van der Waals surface area contributed by atoms with Crippen molar-refractivity contribution in [3.05, 3.63) is 48.0 Å². The number of aryl methyl sites for hydroxylation is 1. The zero-order valence-corrected chi connectivity index (χ0v) is 12.1. The van der Waals surface area contributed by atoms with Crippen LogP contribution >= 0.6 is 0 Å². The summed E-state index contributed by atoms with van der Waals surface area (Å²) >= 11 is 0. The van der Waals surface area contributed by atoms with Crippen LogP contribution in [0.1, 0.15) is 5.56 Å². The molecule has 108 valence electrons. The van der Waals surface area contributed by atoms with Crippen LogP contribution in [0.2, 0.25) is 0 Å². The first kappa shape index (κ1) is 12.8. The van der Waals surface area contributed by atoms with Gasteiger partial charge in [0.15, 0.2) is 5.65 Å². The largest absolute Gasteiger partial charge is 0.368 e. The van der Waals surface area contributed by atoms with Crippen LogP contribution in [-0.4, -0.2) is 20.4 Å². The second-order valence-electron chi connectivity index (χ2n) is 5.46. The van der Waals surface area contributed by atoms with E-state index in [9.17, 15) is 4.79 Å². The van der Waals surface area contributed by atoms with Gasteiger partial charge in [0, 0.05) is 5.39 Å². The standard InChI is InChI=1S/C17H14N4O/c1-10-6-7-14-11(8-10)16-17(21(14)9-15(18)22)20-13-5-3-2-4-12(13)19-16/h2-8H,9H2,1H3,(H2,18,22). The van der Waals surface area contributed by atoms with Crippen LogP contribution in [0.4, 0.5) is 0 Å². The lowest BCUT2D eigenvalue weighted by molar-refractivity contribution is -0.118. The molecule has 2 heterocycles. The third kappa shape index (κ3) is 1.83. The van der Waals surface area contributed by atoms with Crippen LogP contribution in [0, 0.1) is 6.92 Å². The maximum atomic E-state index is 11.4. The highest BCUT2D eigenvalue weighted by Crippen LogP contribution is 2.28. The molecule has 0 unspecified atom stereocenters. The third-order valence-electron chi connectivity index (χ3n) is 3.82. The highest BCUT2D eigenvalue weighted by atomic mass is 16.1. The third-order valence-corrected chi connectivity index (χ3v) is 3.82. The Morgan fingerprint density at radius 3 is 2.59 bits per heavy atom. The van der Waals surface area contributed by atoms with E-state index < -0.39 is 5.91 Å². The molecule has 4 rings (SSSR count). The van der Waals surface area contributed by atoms with Crippen molar-refractivity contribution in [1.82, 2.24) is 14.5 Å². The predicted molar refractivity (Wildman–Crippen MR) is 86.5 cm³/mol. The van der Waals surface area contributed by atoms with E-state index in [4.69, 9.17) is 15.7 Å². The lowest BCUT2D eigenvalue weighted by atomic mass is 10.1. The molecule has 0 fully saturated rings. The number of primary amides is 1. The van der Waals surface area contributed by atoms with E-state index in [1.165, 1.54) is 0 Å². The molecule has 2 aromatic heterocycles. The average molecular weight is 290 g/mol. The van der Waals surface area contributed by atoms with Gasteiger partial charge in [-0.3, -0.25) is 4.79 Å². The van der Waals surface area contributed by atoms with Gasteiger partial charge in [-0.1, -0.05) is 23.8 Å². The molecule has 0 bridgehead atoms. The van der Waals surface area contributed by atoms with Crippen molar-refractivity contribution in [3.63, 3.8) is 0 Å². The SMILES string of the molecule is Cc1ccc2c(c1)c1nc3ccccc3nc1n2CC(N)=O. The van der Waals surface area contributed by atoms with Gasteiger partial charge in [0.25, 0.3) is 0 Å². The number of aromatic nitrogens is 3. The molecule has 0 aliphatic rings. The fraction of sp³-hybridized carbons (Fsp3) is 0.118. The van der Waals surface area contributed by atoms with Gasteiger partial charge in [0.05, 0.1) is 16.6 Å². The molecule has 0 spiro atoms. The van der Waals surface area contributed by atoms with Crippen LogP contribution in [0.3, 0.4) is 0 Å². The van der Waals surface area contributed by atoms with Gasteiger partial charge in [-0.15, -0.1) is 0 Å². The molecule has 2 aromatic carbocycles. The first-order chi connectivity index (χ1) is 10.6. The minimum absolute atomic E-state index is 0.0933. The number of amides is 1. The Labute approximate surface area is 126 Å². The number of benzene rings is 2. The van der Waals surface area contributed by atoms with E-state index in [0.717, 1.165) is 33.0 Å². The average Bonchev–Trinajstić information content (AvgIpc) is 2.78. The topological polar surface area (TPSA) is 73.8 Å². The highest BCUT2D eigenvalue weighted by Gasteiger charge is 2.15. The molecule has 5 nitrogen and oxygen atoms in total. The summed E-state index contributed by atoms with van der Waals surface area (Å²) in [7, 11) is 0. The smallest absolute Gasteiger partial charge is 0.237 e. The van der Waals surface area contributed by atoms with Crippen LogP contribution < -0.4 is 5.73 Å². The molecule has 0 aliphatic carbocycles. The molecule has 0 aliphatic heterocycles. The molecular formula is C17H14N4O. The van der Waals surface area contributed by atoms with Crippen LogP contribution in [0.25, 0.3) is 33.1 Å². The summed E-state index contributed by atoms with van der Waals surface area (Å²) in [6.45, 7) is 2.13. The monoisotopic (exact) mass is 290 g/mol. The van der Waals surface area contributed by atoms with Crippen molar-refractivity contribution in [3.8, 4) is 0 Å². The number of nitrogens with zero attached hydrogens (tertiary/aromatic N) is 3. The van der Waals surface area contributed by atoms with Gasteiger partial charge in [-0.2, -0.15) is 0 Å². The Morgan fingerprint density at radius 2 is 1.86 bits per heavy atom. The molecule has 0 atom stereocenters. The highest BCUT2D eigenvalue weighted by molar-refractivity contribution is 6.07. The normalized spacial score (nSPS) is 11.5. The molecule has 0 saturated carbocycles. The maximum Gasteiger partial charge on any atom is 0.237 e. The van der Waals surface area contributed by atoms with Crippen LogP contribution in [0.15, 0.2) is 42.5 Å². The minimum Gasteiger partial charge on any atom is -0.368 e. The Balaban J connectivity index is 2.20. The van der Waals surface area contributed by atoms with E-state index in [1.807, 2.05) is 47.9 Å². The first-order valence-electron chi connectivity index (χ1n) is 7.07. The van der Waals surface area contributed by atoms with Crippen molar-refractivity contribution in [2.75, 3.05) is 0 Å². The Kier molecular flexibility index (Phi) is 2.63. The van der Waals surface area contributed by atoms with Gasteiger partial charge < -0.3 is 10.3 Å². The lowest BCUT2D eigenvalue weighted by Gasteiger charge is -2.04. The van der Waals surface area contributed by atoms with Crippen LogP contribution in [0.5, 0.6) is 0 Å². The van der Waals surface area contributed by atoms with E-state index in [2.05, 4.69) is 6.07 Å². The molecule has 5 heteroatoms. The summed E-state index contributed by atoms with van der Waals surface area (Å²) in [5.41, 5.74) is 10.6. The number of hydrogen-bond acceptors (Lipinski definition) is 3. The number of fused-ring (bicyclic) bond motifs is 4. The summed E-state index contributed by atoms with van der Waals surface area (Å²) in [4.78, 5) is 20.9. The Morgan fingerprint density at radius 1 is 1.14 bits per heavy atom. The Hall–Kier alpha value is -2.95. The summed E-state index contributed by atoms with van der Waals surface area (Å²) in [6, 6.07) is 13.8. The number of nitrogens with two attached hydrogens (primary N) is 1. The lowest BCUT2D eigenvalue weighted by Crippen LogP contribution is -2.18. The predicted octanol–water partition coefficient (Wildman–Crippen LogP) is 2.53. The molecule has 22 heavy (non-hydrogen) atoms.